The van der Waals surface area contributed by atoms with Crippen molar-refractivity contribution in [2.24, 2.45) is 5.73 Å². The van der Waals surface area contributed by atoms with Crippen molar-refractivity contribution < 1.29 is 9.53 Å². The number of aromatic nitrogens is 1. The first-order chi connectivity index (χ1) is 7.65. The van der Waals surface area contributed by atoms with Gasteiger partial charge in [0.25, 0.3) is 11.1 Å². The Labute approximate surface area is 101 Å². The van der Waals surface area contributed by atoms with Gasteiger partial charge in [0.1, 0.15) is 10.6 Å². The van der Waals surface area contributed by atoms with Gasteiger partial charge in [0.2, 0.25) is 0 Å². The molecule has 4 nitrogen and oxygen atoms in total. The summed E-state index contributed by atoms with van der Waals surface area (Å²) in [6, 6.07) is 6.85. The fourth-order valence-electron chi connectivity index (χ4n) is 1.02. The van der Waals surface area contributed by atoms with E-state index in [9.17, 15) is 4.79 Å². The highest BCUT2D eigenvalue weighted by molar-refractivity contribution is 7.15. The molecule has 1 amide bonds. The van der Waals surface area contributed by atoms with Crippen LogP contribution in [0.5, 0.6) is 10.9 Å². The number of hydrogen-bond acceptors (Lipinski definition) is 4. The molecule has 1 aromatic carbocycles. The van der Waals surface area contributed by atoms with E-state index in [-0.39, 0.29) is 0 Å². The van der Waals surface area contributed by atoms with Gasteiger partial charge in [0.05, 0.1) is 6.20 Å². The van der Waals surface area contributed by atoms with Crippen molar-refractivity contribution in [3.8, 4) is 10.9 Å². The zero-order valence-electron chi connectivity index (χ0n) is 8.01. The normalized spacial score (nSPS) is 10.1. The zero-order chi connectivity index (χ0) is 11.5. The fraction of sp³-hybridized carbons (Fsp3) is 0. The van der Waals surface area contributed by atoms with Crippen LogP contribution in [0.25, 0.3) is 0 Å². The molecule has 0 saturated heterocycles. The molecule has 0 atom stereocenters. The van der Waals surface area contributed by atoms with Crippen molar-refractivity contribution >= 4 is 28.8 Å². The highest BCUT2D eigenvalue weighted by atomic mass is 35.5. The number of rotatable bonds is 3. The van der Waals surface area contributed by atoms with E-state index in [0.717, 1.165) is 11.3 Å². The molecule has 0 unspecified atom stereocenters. The van der Waals surface area contributed by atoms with E-state index in [1.807, 2.05) is 0 Å². The minimum atomic E-state index is -0.511. The monoisotopic (exact) mass is 254 g/mol. The van der Waals surface area contributed by atoms with Gasteiger partial charge < -0.3 is 10.5 Å². The molecule has 0 aliphatic heterocycles. The van der Waals surface area contributed by atoms with Crippen LogP contribution in [0.3, 0.4) is 0 Å². The topological polar surface area (TPSA) is 65.2 Å². The van der Waals surface area contributed by atoms with Gasteiger partial charge in [-0.3, -0.25) is 4.79 Å². The molecule has 0 bridgehead atoms. The molecule has 1 aromatic heterocycles. The summed E-state index contributed by atoms with van der Waals surface area (Å²) >= 11 is 6.83. The van der Waals surface area contributed by atoms with Gasteiger partial charge in [-0.1, -0.05) is 22.9 Å². The van der Waals surface area contributed by atoms with E-state index in [4.69, 9.17) is 22.1 Å². The number of carbonyl (C=O) groups excluding carboxylic acids is 1. The minimum absolute atomic E-state index is 0.365. The Balaban J connectivity index is 2.14. The van der Waals surface area contributed by atoms with E-state index in [1.54, 1.807) is 24.3 Å². The lowest BCUT2D eigenvalue weighted by atomic mass is 10.3. The molecule has 0 aliphatic rings. The lowest BCUT2D eigenvalue weighted by Crippen LogP contribution is -2.08. The summed E-state index contributed by atoms with van der Waals surface area (Å²) in [6.45, 7) is 0. The van der Waals surface area contributed by atoms with Crippen LogP contribution in [-0.2, 0) is 0 Å². The van der Waals surface area contributed by atoms with Crippen molar-refractivity contribution in [2.45, 2.75) is 0 Å². The van der Waals surface area contributed by atoms with Gasteiger partial charge >= 0.3 is 0 Å². The first kappa shape index (κ1) is 10.9. The van der Waals surface area contributed by atoms with Crippen LogP contribution in [0.15, 0.2) is 30.5 Å². The Bertz CT molecular complexity index is 510. The van der Waals surface area contributed by atoms with E-state index < -0.39 is 5.91 Å². The van der Waals surface area contributed by atoms with Crippen molar-refractivity contribution in [3.63, 3.8) is 0 Å². The molecule has 2 aromatic rings. The van der Waals surface area contributed by atoms with Crippen LogP contribution in [-0.4, -0.2) is 10.9 Å². The average Bonchev–Trinajstić information content (AvgIpc) is 2.70. The van der Waals surface area contributed by atoms with Gasteiger partial charge in [-0.15, -0.1) is 0 Å². The molecule has 0 spiro atoms. The smallest absolute Gasteiger partial charge is 0.279 e. The third kappa shape index (κ3) is 2.50. The number of primary amides is 1. The maximum absolute atomic E-state index is 10.8. The highest BCUT2D eigenvalue weighted by Gasteiger charge is 2.08. The number of benzene rings is 1. The SMILES string of the molecule is NC(=O)c1cnc(Oc2ccc(Cl)cc2)s1. The molecule has 1 heterocycles. The van der Waals surface area contributed by atoms with Gasteiger partial charge in [-0.2, -0.15) is 0 Å². The number of halogens is 1. The Morgan fingerprint density at radius 1 is 1.38 bits per heavy atom. The van der Waals surface area contributed by atoms with E-state index >= 15 is 0 Å². The Morgan fingerprint density at radius 2 is 2.06 bits per heavy atom. The molecule has 6 heteroatoms. The average molecular weight is 255 g/mol. The first-order valence-corrected chi connectivity index (χ1v) is 5.53. The summed E-state index contributed by atoms with van der Waals surface area (Å²) < 4.78 is 5.41. The third-order valence-electron chi connectivity index (χ3n) is 1.75. The molecule has 2 N–H and O–H groups in total. The van der Waals surface area contributed by atoms with Gasteiger partial charge in [-0.05, 0) is 24.3 Å². The molecule has 0 fully saturated rings. The number of ether oxygens (including phenoxy) is 1. The second kappa shape index (κ2) is 4.51. The molecular weight excluding hydrogens is 248 g/mol. The van der Waals surface area contributed by atoms with Crippen LogP contribution < -0.4 is 10.5 Å². The summed E-state index contributed by atoms with van der Waals surface area (Å²) in [5.41, 5.74) is 5.10. The quantitative estimate of drug-likeness (QED) is 0.916. The van der Waals surface area contributed by atoms with Crippen molar-refractivity contribution in [3.05, 3.63) is 40.4 Å². The number of thiazole rings is 1. The van der Waals surface area contributed by atoms with E-state index in [0.29, 0.717) is 20.8 Å². The van der Waals surface area contributed by atoms with Crippen LogP contribution in [0.2, 0.25) is 5.02 Å². The highest BCUT2D eigenvalue weighted by Crippen LogP contribution is 2.26. The predicted octanol–water partition coefficient (Wildman–Crippen LogP) is 2.69. The Morgan fingerprint density at radius 3 is 2.62 bits per heavy atom. The summed E-state index contributed by atoms with van der Waals surface area (Å²) in [4.78, 5) is 15.1. The first-order valence-electron chi connectivity index (χ1n) is 4.34. The third-order valence-corrected chi connectivity index (χ3v) is 2.89. The molecule has 0 radical (unpaired) electrons. The van der Waals surface area contributed by atoms with Crippen LogP contribution in [0.4, 0.5) is 0 Å². The van der Waals surface area contributed by atoms with Gasteiger partial charge in [0.15, 0.2) is 0 Å². The summed E-state index contributed by atoms with van der Waals surface area (Å²) in [7, 11) is 0. The fourth-order valence-corrected chi connectivity index (χ4v) is 1.79. The molecule has 2 rings (SSSR count). The number of nitrogens with two attached hydrogens (primary N) is 1. The molecule has 0 saturated carbocycles. The summed E-state index contributed by atoms with van der Waals surface area (Å²) in [6.07, 6.45) is 1.39. The van der Waals surface area contributed by atoms with Gasteiger partial charge in [-0.25, -0.2) is 4.98 Å². The maximum atomic E-state index is 10.8. The van der Waals surface area contributed by atoms with E-state index in [2.05, 4.69) is 4.98 Å². The zero-order valence-corrected chi connectivity index (χ0v) is 9.59. The predicted molar refractivity (Wildman–Crippen MR) is 62.2 cm³/mol. The molecular formula is C10H7ClN2O2S. The molecule has 16 heavy (non-hydrogen) atoms. The maximum Gasteiger partial charge on any atom is 0.279 e. The minimum Gasteiger partial charge on any atom is -0.431 e. The number of carbonyl (C=O) groups is 1. The lowest BCUT2D eigenvalue weighted by molar-refractivity contribution is 0.100. The van der Waals surface area contributed by atoms with Crippen LogP contribution >= 0.6 is 22.9 Å². The second-order valence-electron chi connectivity index (χ2n) is 2.91. The Hall–Kier alpha value is -1.59. The van der Waals surface area contributed by atoms with Crippen LogP contribution in [0.1, 0.15) is 9.67 Å². The van der Waals surface area contributed by atoms with Gasteiger partial charge in [0, 0.05) is 5.02 Å². The summed E-state index contributed by atoms with van der Waals surface area (Å²) in [5.74, 6) is 0.0956. The largest absolute Gasteiger partial charge is 0.431 e. The number of nitrogens with zero attached hydrogens (tertiary/aromatic N) is 1. The lowest BCUT2D eigenvalue weighted by Gasteiger charge is -2.00. The van der Waals surface area contributed by atoms with E-state index in [1.165, 1.54) is 6.20 Å². The molecule has 0 aliphatic carbocycles. The van der Waals surface area contributed by atoms with Crippen LogP contribution in [0, 0.1) is 0 Å². The number of amides is 1. The second-order valence-corrected chi connectivity index (χ2v) is 4.34. The molecule has 82 valence electrons. The standard InChI is InChI=1S/C10H7ClN2O2S/c11-6-1-3-7(4-2-6)15-10-13-5-8(16-10)9(12)14/h1-5H,(H2,12,14). The summed E-state index contributed by atoms with van der Waals surface area (Å²) in [5, 5.41) is 1.00. The number of hydrogen-bond donors (Lipinski definition) is 1. The Kier molecular flexibility index (Phi) is 3.07. The van der Waals surface area contributed by atoms with Crippen molar-refractivity contribution in [1.29, 1.82) is 0 Å². The van der Waals surface area contributed by atoms with Crippen molar-refractivity contribution in [2.75, 3.05) is 0 Å². The van der Waals surface area contributed by atoms with Crippen molar-refractivity contribution in [1.82, 2.24) is 4.98 Å².